The summed E-state index contributed by atoms with van der Waals surface area (Å²) in [5.74, 6) is 1.08. The van der Waals surface area contributed by atoms with Gasteiger partial charge >= 0.3 is 0 Å². The molecule has 2 atom stereocenters. The lowest BCUT2D eigenvalue weighted by atomic mass is 10.1. The quantitative estimate of drug-likeness (QED) is 0.666. The molecule has 1 saturated heterocycles. The summed E-state index contributed by atoms with van der Waals surface area (Å²) in [5.41, 5.74) is 3.16. The molecule has 2 aliphatic heterocycles. The number of morpholine rings is 1. The molecule has 0 unspecified atom stereocenters. The van der Waals surface area contributed by atoms with Gasteiger partial charge in [-0.1, -0.05) is 11.3 Å². The van der Waals surface area contributed by atoms with Crippen LogP contribution in [-0.4, -0.2) is 70.2 Å². The zero-order valence-electron chi connectivity index (χ0n) is 19.1. The van der Waals surface area contributed by atoms with E-state index in [1.807, 2.05) is 17.9 Å². The highest BCUT2D eigenvalue weighted by atomic mass is 32.1. The fraction of sp³-hybridized carbons (Fsp3) is 0.565. The van der Waals surface area contributed by atoms with Crippen molar-refractivity contribution in [3.8, 4) is 10.6 Å². The maximum atomic E-state index is 13.5. The Hall–Kier alpha value is -2.56. The van der Waals surface area contributed by atoms with Crippen LogP contribution >= 0.6 is 11.3 Å². The number of ether oxygens (including phenoxy) is 1. The summed E-state index contributed by atoms with van der Waals surface area (Å²) in [6.45, 7) is 7.53. The molecule has 33 heavy (non-hydrogen) atoms. The van der Waals surface area contributed by atoms with Gasteiger partial charge in [0.05, 0.1) is 41.1 Å². The van der Waals surface area contributed by atoms with Gasteiger partial charge in [-0.2, -0.15) is 0 Å². The van der Waals surface area contributed by atoms with Crippen LogP contribution in [0.1, 0.15) is 48.3 Å². The van der Waals surface area contributed by atoms with Gasteiger partial charge in [-0.05, 0) is 44.2 Å². The SMILES string of the molecule is CC(=O)Nc1nc(C)c(-c2cc3c(c(N4CCO[C@@H](CO)C4)n2)C(=O)N([C@@H](C)C2CC2)C3)s1. The van der Waals surface area contributed by atoms with E-state index < -0.39 is 0 Å². The number of aromatic nitrogens is 2. The molecule has 0 bridgehead atoms. The van der Waals surface area contributed by atoms with E-state index in [1.165, 1.54) is 31.1 Å². The van der Waals surface area contributed by atoms with Gasteiger partial charge in [0, 0.05) is 32.6 Å². The molecule has 2 aromatic heterocycles. The average molecular weight is 472 g/mol. The monoisotopic (exact) mass is 471 g/mol. The standard InChI is InChI=1S/C23H29N5O4S/c1-12-20(33-23(24-12)25-14(3)30)18-8-16-9-28(13(2)15-4-5-15)22(31)19(16)21(26-18)27-6-7-32-17(10-27)11-29/h8,13,15,17,29H,4-7,9-11H2,1-3H3,(H,24,25,30)/t13-,17+/m0/s1. The van der Waals surface area contributed by atoms with Crippen molar-refractivity contribution in [1.29, 1.82) is 0 Å². The predicted octanol–water partition coefficient (Wildman–Crippen LogP) is 2.42. The Morgan fingerprint density at radius 2 is 2.18 bits per heavy atom. The molecule has 3 aliphatic rings. The first-order valence-electron chi connectivity index (χ1n) is 11.4. The average Bonchev–Trinajstić information content (AvgIpc) is 3.51. The molecule has 1 aliphatic carbocycles. The van der Waals surface area contributed by atoms with Crippen molar-refractivity contribution in [2.75, 3.05) is 36.5 Å². The van der Waals surface area contributed by atoms with Gasteiger partial charge in [0.25, 0.3) is 5.91 Å². The number of hydrogen-bond acceptors (Lipinski definition) is 8. The number of thiazole rings is 1. The second kappa shape index (κ2) is 8.66. The number of anilines is 2. The third kappa shape index (κ3) is 4.22. The first-order valence-corrected chi connectivity index (χ1v) is 12.2. The van der Waals surface area contributed by atoms with Crippen LogP contribution in [0.5, 0.6) is 0 Å². The van der Waals surface area contributed by atoms with Crippen molar-refractivity contribution < 1.29 is 19.4 Å². The van der Waals surface area contributed by atoms with Gasteiger partial charge in [-0.15, -0.1) is 0 Å². The van der Waals surface area contributed by atoms with Gasteiger partial charge in [0.2, 0.25) is 5.91 Å². The van der Waals surface area contributed by atoms with Crippen LogP contribution in [-0.2, 0) is 16.1 Å². The van der Waals surface area contributed by atoms with Crippen LogP contribution in [0.4, 0.5) is 10.9 Å². The molecule has 176 valence electrons. The lowest BCUT2D eigenvalue weighted by Gasteiger charge is -2.34. The van der Waals surface area contributed by atoms with Crippen molar-refractivity contribution in [3.05, 3.63) is 22.9 Å². The molecule has 0 aromatic carbocycles. The van der Waals surface area contributed by atoms with Crippen molar-refractivity contribution in [2.24, 2.45) is 5.92 Å². The third-order valence-corrected chi connectivity index (χ3v) is 7.74. The van der Waals surface area contributed by atoms with Crippen molar-refractivity contribution in [2.45, 2.75) is 52.3 Å². The van der Waals surface area contributed by atoms with E-state index in [2.05, 4.69) is 22.1 Å². The number of carbonyl (C=O) groups is 2. The summed E-state index contributed by atoms with van der Waals surface area (Å²) in [7, 11) is 0. The molecule has 2 amide bonds. The van der Waals surface area contributed by atoms with Crippen molar-refractivity contribution in [1.82, 2.24) is 14.9 Å². The van der Waals surface area contributed by atoms with E-state index in [1.54, 1.807) is 0 Å². The van der Waals surface area contributed by atoms with Crippen LogP contribution in [0.25, 0.3) is 10.6 Å². The zero-order valence-corrected chi connectivity index (χ0v) is 19.9. The number of rotatable bonds is 6. The van der Waals surface area contributed by atoms with Crippen LogP contribution in [0.15, 0.2) is 6.07 Å². The van der Waals surface area contributed by atoms with E-state index in [9.17, 15) is 14.7 Å². The van der Waals surface area contributed by atoms with Gasteiger partial charge in [-0.3, -0.25) is 9.59 Å². The Balaban J connectivity index is 1.57. The van der Waals surface area contributed by atoms with E-state index in [0.717, 1.165) is 21.8 Å². The first kappa shape index (κ1) is 22.2. The Labute approximate surface area is 196 Å². The van der Waals surface area contributed by atoms with E-state index >= 15 is 0 Å². The minimum absolute atomic E-state index is 0.0328. The largest absolute Gasteiger partial charge is 0.394 e. The van der Waals surface area contributed by atoms with Gasteiger partial charge < -0.3 is 25.0 Å². The number of aryl methyl sites for hydroxylation is 1. The molecule has 0 radical (unpaired) electrons. The lowest BCUT2D eigenvalue weighted by molar-refractivity contribution is -0.114. The van der Waals surface area contributed by atoms with Crippen LogP contribution in [0, 0.1) is 12.8 Å². The summed E-state index contributed by atoms with van der Waals surface area (Å²) >= 11 is 1.38. The zero-order chi connectivity index (χ0) is 23.3. The molecule has 10 heteroatoms. The van der Waals surface area contributed by atoms with E-state index in [-0.39, 0.29) is 30.6 Å². The molecule has 5 rings (SSSR count). The van der Waals surface area contributed by atoms with E-state index in [4.69, 9.17) is 9.72 Å². The normalized spacial score (nSPS) is 21.3. The number of fused-ring (bicyclic) bond motifs is 1. The molecular formula is C23H29N5O4S. The van der Waals surface area contributed by atoms with Crippen LogP contribution in [0.3, 0.4) is 0 Å². The lowest BCUT2D eigenvalue weighted by Crippen LogP contribution is -2.45. The number of amides is 2. The maximum Gasteiger partial charge on any atom is 0.258 e. The second-order valence-corrected chi connectivity index (χ2v) is 10.1. The molecule has 2 aromatic rings. The molecule has 4 heterocycles. The van der Waals surface area contributed by atoms with Crippen molar-refractivity contribution >= 4 is 34.1 Å². The van der Waals surface area contributed by atoms with Crippen LogP contribution in [0.2, 0.25) is 0 Å². The minimum Gasteiger partial charge on any atom is -0.394 e. The maximum absolute atomic E-state index is 13.5. The Kier molecular flexibility index (Phi) is 5.84. The topological polar surface area (TPSA) is 108 Å². The summed E-state index contributed by atoms with van der Waals surface area (Å²) in [6.07, 6.45) is 2.03. The van der Waals surface area contributed by atoms with Crippen molar-refractivity contribution in [3.63, 3.8) is 0 Å². The Morgan fingerprint density at radius 3 is 2.88 bits per heavy atom. The smallest absolute Gasteiger partial charge is 0.258 e. The highest BCUT2D eigenvalue weighted by Gasteiger charge is 2.41. The number of nitrogens with one attached hydrogen (secondary N) is 1. The number of pyridine rings is 1. The molecule has 0 spiro atoms. The summed E-state index contributed by atoms with van der Waals surface area (Å²) in [4.78, 5) is 39.4. The predicted molar refractivity (Wildman–Crippen MR) is 125 cm³/mol. The van der Waals surface area contributed by atoms with Crippen LogP contribution < -0.4 is 10.2 Å². The Bertz CT molecular complexity index is 1100. The second-order valence-electron chi connectivity index (χ2n) is 9.11. The first-order chi connectivity index (χ1) is 15.9. The summed E-state index contributed by atoms with van der Waals surface area (Å²) in [6, 6.07) is 2.20. The highest BCUT2D eigenvalue weighted by molar-refractivity contribution is 7.19. The van der Waals surface area contributed by atoms with Gasteiger partial charge in [0.1, 0.15) is 5.82 Å². The molecule has 2 N–H and O–H groups in total. The molecular weight excluding hydrogens is 442 g/mol. The van der Waals surface area contributed by atoms with Gasteiger partial charge in [0.15, 0.2) is 5.13 Å². The molecule has 2 fully saturated rings. The minimum atomic E-state index is -0.311. The van der Waals surface area contributed by atoms with Gasteiger partial charge in [-0.25, -0.2) is 9.97 Å². The van der Waals surface area contributed by atoms with E-state index in [0.29, 0.717) is 48.7 Å². The number of nitrogens with zero attached hydrogens (tertiary/aromatic N) is 4. The fourth-order valence-electron chi connectivity index (χ4n) is 4.71. The number of carbonyl (C=O) groups excluding carboxylic acids is 2. The Morgan fingerprint density at radius 1 is 1.39 bits per heavy atom. The number of aliphatic hydroxyl groups is 1. The summed E-state index contributed by atoms with van der Waals surface area (Å²) < 4.78 is 5.64. The fourth-order valence-corrected chi connectivity index (χ4v) is 5.68. The number of aliphatic hydroxyl groups excluding tert-OH is 1. The third-order valence-electron chi connectivity index (χ3n) is 6.65. The number of hydrogen-bond donors (Lipinski definition) is 2. The summed E-state index contributed by atoms with van der Waals surface area (Å²) in [5, 5.41) is 12.9. The molecule has 1 saturated carbocycles. The molecule has 9 nitrogen and oxygen atoms in total. The highest BCUT2D eigenvalue weighted by Crippen LogP contribution is 2.42.